The maximum Gasteiger partial charge on any atom is 0.220 e. The second-order valence-corrected chi connectivity index (χ2v) is 4.96. The van der Waals surface area contributed by atoms with Gasteiger partial charge < -0.3 is 5.32 Å². The van der Waals surface area contributed by atoms with Crippen LogP contribution in [0.1, 0.15) is 65.2 Å². The molecular formula is C13H25NO. The highest BCUT2D eigenvalue weighted by molar-refractivity contribution is 5.76. The highest BCUT2D eigenvalue weighted by Crippen LogP contribution is 2.30. The molecule has 1 aliphatic carbocycles. The summed E-state index contributed by atoms with van der Waals surface area (Å²) in [5, 5.41) is 3.10. The average Bonchev–Trinajstić information content (AvgIpc) is 2.12. The van der Waals surface area contributed by atoms with Crippen LogP contribution < -0.4 is 5.32 Å². The number of rotatable bonds is 7. The zero-order valence-corrected chi connectivity index (χ0v) is 10.2. The molecule has 1 fully saturated rings. The lowest BCUT2D eigenvalue weighted by Gasteiger charge is -2.28. The maximum absolute atomic E-state index is 11.5. The minimum absolute atomic E-state index is 0.246. The molecular weight excluding hydrogens is 186 g/mol. The highest BCUT2D eigenvalue weighted by Gasteiger charge is 2.20. The molecule has 0 aromatic heterocycles. The average molecular weight is 211 g/mol. The Hall–Kier alpha value is -0.530. The van der Waals surface area contributed by atoms with Crippen molar-refractivity contribution >= 4 is 5.91 Å². The highest BCUT2D eigenvalue weighted by atomic mass is 16.1. The van der Waals surface area contributed by atoms with Crippen molar-refractivity contribution in [1.29, 1.82) is 0 Å². The van der Waals surface area contributed by atoms with E-state index in [1.807, 2.05) is 0 Å². The zero-order chi connectivity index (χ0) is 11.1. The van der Waals surface area contributed by atoms with Crippen molar-refractivity contribution in [3.63, 3.8) is 0 Å². The summed E-state index contributed by atoms with van der Waals surface area (Å²) >= 11 is 0. The van der Waals surface area contributed by atoms with Gasteiger partial charge in [0.25, 0.3) is 0 Å². The van der Waals surface area contributed by atoms with E-state index in [9.17, 15) is 4.79 Å². The van der Waals surface area contributed by atoms with E-state index in [1.165, 1.54) is 38.5 Å². The van der Waals surface area contributed by atoms with E-state index in [2.05, 4.69) is 19.2 Å². The fraction of sp³-hybridized carbons (Fsp3) is 0.923. The molecule has 1 saturated carbocycles. The van der Waals surface area contributed by atoms with E-state index >= 15 is 0 Å². The lowest BCUT2D eigenvalue weighted by molar-refractivity contribution is -0.121. The summed E-state index contributed by atoms with van der Waals surface area (Å²) in [6, 6.07) is 0.379. The van der Waals surface area contributed by atoms with Crippen molar-refractivity contribution in [1.82, 2.24) is 5.32 Å². The number of unbranched alkanes of at least 4 members (excludes halogenated alkanes) is 2. The first-order chi connectivity index (χ1) is 7.22. The molecule has 0 aromatic rings. The summed E-state index contributed by atoms with van der Waals surface area (Å²) in [6.45, 7) is 4.30. The van der Waals surface area contributed by atoms with Crippen LogP contribution in [-0.4, -0.2) is 11.9 Å². The summed E-state index contributed by atoms with van der Waals surface area (Å²) in [6.07, 6.45) is 9.42. The van der Waals surface area contributed by atoms with E-state index in [1.54, 1.807) is 0 Å². The summed E-state index contributed by atoms with van der Waals surface area (Å²) < 4.78 is 0. The number of hydrogen-bond donors (Lipinski definition) is 1. The van der Waals surface area contributed by atoms with E-state index in [-0.39, 0.29) is 5.91 Å². The Kier molecular flexibility index (Phi) is 5.74. The summed E-state index contributed by atoms with van der Waals surface area (Å²) in [5.41, 5.74) is 0. The second-order valence-electron chi connectivity index (χ2n) is 4.96. The lowest BCUT2D eigenvalue weighted by Crippen LogP contribution is -2.34. The molecule has 88 valence electrons. The van der Waals surface area contributed by atoms with Crippen molar-refractivity contribution in [2.24, 2.45) is 5.92 Å². The van der Waals surface area contributed by atoms with Gasteiger partial charge in [0.15, 0.2) is 0 Å². The van der Waals surface area contributed by atoms with Crippen LogP contribution in [0.25, 0.3) is 0 Å². The van der Waals surface area contributed by atoms with Gasteiger partial charge in [-0.25, -0.2) is 0 Å². The van der Waals surface area contributed by atoms with Gasteiger partial charge in [-0.2, -0.15) is 0 Å². The molecule has 1 aliphatic rings. The topological polar surface area (TPSA) is 29.1 Å². The Labute approximate surface area is 93.8 Å². The van der Waals surface area contributed by atoms with E-state index < -0.39 is 0 Å². The van der Waals surface area contributed by atoms with Crippen molar-refractivity contribution < 1.29 is 4.79 Å². The van der Waals surface area contributed by atoms with Crippen LogP contribution in [0.5, 0.6) is 0 Å². The molecule has 1 rings (SSSR count). The maximum atomic E-state index is 11.5. The van der Waals surface area contributed by atoms with Crippen LogP contribution in [0, 0.1) is 5.92 Å². The summed E-state index contributed by atoms with van der Waals surface area (Å²) in [7, 11) is 0. The van der Waals surface area contributed by atoms with Crippen molar-refractivity contribution in [2.75, 3.05) is 0 Å². The Morgan fingerprint density at radius 2 is 2.13 bits per heavy atom. The molecule has 2 nitrogen and oxygen atoms in total. The first-order valence-corrected chi connectivity index (χ1v) is 6.51. The fourth-order valence-electron chi connectivity index (χ4n) is 2.17. The molecule has 0 saturated heterocycles. The van der Waals surface area contributed by atoms with Crippen LogP contribution >= 0.6 is 0 Å². The Balaban J connectivity index is 2.02. The number of amides is 1. The van der Waals surface area contributed by atoms with Crippen molar-refractivity contribution in [2.45, 2.75) is 71.3 Å². The molecule has 0 radical (unpaired) electrons. The van der Waals surface area contributed by atoms with Crippen molar-refractivity contribution in [3.05, 3.63) is 0 Å². The number of nitrogens with one attached hydrogen (secondary N) is 1. The number of hydrogen-bond acceptors (Lipinski definition) is 1. The quantitative estimate of drug-likeness (QED) is 0.643. The molecule has 0 bridgehead atoms. The standard InChI is InChI=1S/C13H25NO/c1-3-4-5-9-13(15)14-11(2)10-12-7-6-8-12/h11-12H,3-10H2,1-2H3,(H,14,15). The third-order valence-corrected chi connectivity index (χ3v) is 3.33. The van der Waals surface area contributed by atoms with Gasteiger partial charge in [-0.15, -0.1) is 0 Å². The van der Waals surface area contributed by atoms with E-state index in [0.29, 0.717) is 12.5 Å². The van der Waals surface area contributed by atoms with Gasteiger partial charge in [0.1, 0.15) is 0 Å². The Morgan fingerprint density at radius 1 is 1.40 bits per heavy atom. The van der Waals surface area contributed by atoms with Gasteiger partial charge in [-0.3, -0.25) is 4.79 Å². The van der Waals surface area contributed by atoms with Crippen LogP contribution in [0.2, 0.25) is 0 Å². The molecule has 0 aliphatic heterocycles. The van der Waals surface area contributed by atoms with E-state index in [0.717, 1.165) is 12.3 Å². The third-order valence-electron chi connectivity index (χ3n) is 3.33. The normalized spacial score (nSPS) is 18.3. The van der Waals surface area contributed by atoms with Gasteiger partial charge in [0, 0.05) is 12.5 Å². The molecule has 0 heterocycles. The fourth-order valence-corrected chi connectivity index (χ4v) is 2.17. The van der Waals surface area contributed by atoms with Crippen LogP contribution in [0.4, 0.5) is 0 Å². The SMILES string of the molecule is CCCCCC(=O)NC(C)CC1CCC1. The third kappa shape index (κ3) is 5.19. The molecule has 1 amide bonds. The van der Waals surface area contributed by atoms with Crippen LogP contribution in [0.3, 0.4) is 0 Å². The van der Waals surface area contributed by atoms with Crippen LogP contribution in [-0.2, 0) is 4.79 Å². The van der Waals surface area contributed by atoms with Gasteiger partial charge in [0.2, 0.25) is 5.91 Å². The van der Waals surface area contributed by atoms with Gasteiger partial charge >= 0.3 is 0 Å². The minimum Gasteiger partial charge on any atom is -0.354 e. The molecule has 1 atom stereocenters. The first kappa shape index (κ1) is 12.5. The van der Waals surface area contributed by atoms with Gasteiger partial charge in [-0.1, -0.05) is 39.0 Å². The first-order valence-electron chi connectivity index (χ1n) is 6.51. The predicted molar refractivity (Wildman–Crippen MR) is 63.7 cm³/mol. The molecule has 1 unspecified atom stereocenters. The predicted octanol–water partition coefficient (Wildman–Crippen LogP) is 3.26. The Morgan fingerprint density at radius 3 is 2.67 bits per heavy atom. The Bertz CT molecular complexity index is 187. The molecule has 0 aromatic carbocycles. The second kappa shape index (κ2) is 6.86. The van der Waals surface area contributed by atoms with Crippen LogP contribution in [0.15, 0.2) is 0 Å². The summed E-state index contributed by atoms with van der Waals surface area (Å²) in [5.74, 6) is 1.13. The zero-order valence-electron chi connectivity index (χ0n) is 10.2. The monoisotopic (exact) mass is 211 g/mol. The van der Waals surface area contributed by atoms with Gasteiger partial charge in [0.05, 0.1) is 0 Å². The molecule has 2 heteroatoms. The molecule has 0 spiro atoms. The smallest absolute Gasteiger partial charge is 0.220 e. The summed E-state index contributed by atoms with van der Waals surface area (Å²) in [4.78, 5) is 11.5. The molecule has 15 heavy (non-hydrogen) atoms. The lowest BCUT2D eigenvalue weighted by atomic mass is 9.81. The van der Waals surface area contributed by atoms with Gasteiger partial charge in [-0.05, 0) is 25.7 Å². The largest absolute Gasteiger partial charge is 0.354 e. The minimum atomic E-state index is 0.246. The number of carbonyl (C=O) groups is 1. The van der Waals surface area contributed by atoms with E-state index in [4.69, 9.17) is 0 Å². The van der Waals surface area contributed by atoms with Crippen molar-refractivity contribution in [3.8, 4) is 0 Å². The number of carbonyl (C=O) groups excluding carboxylic acids is 1. The molecule has 1 N–H and O–H groups in total.